The molecule has 3 heterocycles. The molecule has 1 aliphatic heterocycles. The van der Waals surface area contributed by atoms with E-state index in [2.05, 4.69) is 33.6 Å². The van der Waals surface area contributed by atoms with E-state index in [-0.39, 0.29) is 5.91 Å². The zero-order chi connectivity index (χ0) is 25.0. The Hall–Kier alpha value is -3.59. The Bertz CT molecular complexity index is 1460. The van der Waals surface area contributed by atoms with E-state index in [1.54, 1.807) is 11.8 Å². The van der Waals surface area contributed by atoms with E-state index in [9.17, 15) is 4.79 Å². The molecule has 0 atom stereocenters. The molecule has 36 heavy (non-hydrogen) atoms. The second-order valence-corrected chi connectivity index (χ2v) is 10.1. The van der Waals surface area contributed by atoms with Crippen LogP contribution in [0.3, 0.4) is 0 Å². The van der Waals surface area contributed by atoms with E-state index in [1.807, 2.05) is 43.2 Å². The van der Waals surface area contributed by atoms with E-state index in [4.69, 9.17) is 9.84 Å². The number of nitrogens with one attached hydrogen (secondary N) is 2. The fourth-order valence-corrected chi connectivity index (χ4v) is 5.38. The van der Waals surface area contributed by atoms with Crippen LogP contribution in [0.4, 0.5) is 11.4 Å². The summed E-state index contributed by atoms with van der Waals surface area (Å²) in [6, 6.07) is 9.08. The molecule has 2 aromatic carbocycles. The van der Waals surface area contributed by atoms with Gasteiger partial charge in [0.05, 0.1) is 23.9 Å². The van der Waals surface area contributed by atoms with E-state index in [0.29, 0.717) is 23.0 Å². The van der Waals surface area contributed by atoms with Gasteiger partial charge in [0.2, 0.25) is 0 Å². The summed E-state index contributed by atoms with van der Waals surface area (Å²) in [5, 5.41) is 18.0. The lowest BCUT2D eigenvalue weighted by atomic mass is 10.0. The van der Waals surface area contributed by atoms with Crippen LogP contribution in [0, 0.1) is 6.92 Å². The van der Waals surface area contributed by atoms with Crippen LogP contribution in [0.2, 0.25) is 0 Å². The monoisotopic (exact) mass is 487 g/mol. The molecule has 2 fully saturated rings. The number of amides is 1. The number of nitrogens with zero attached hydrogens (tertiary/aromatic N) is 5. The molecule has 6 rings (SSSR count). The topological polar surface area (TPSA) is 89.2 Å². The molecular formula is C27H33N7O2. The summed E-state index contributed by atoms with van der Waals surface area (Å²) < 4.78 is 9.17. The van der Waals surface area contributed by atoms with Gasteiger partial charge in [-0.05, 0) is 50.8 Å². The van der Waals surface area contributed by atoms with Crippen molar-refractivity contribution in [2.75, 3.05) is 30.4 Å². The van der Waals surface area contributed by atoms with Gasteiger partial charge >= 0.3 is 0 Å². The lowest BCUT2D eigenvalue weighted by Crippen LogP contribution is -2.43. The van der Waals surface area contributed by atoms with Crippen LogP contribution in [0.5, 0.6) is 5.75 Å². The van der Waals surface area contributed by atoms with Gasteiger partial charge in [-0.1, -0.05) is 0 Å². The number of carbonyl (C=O) groups is 1. The first-order valence-electron chi connectivity index (χ1n) is 12.7. The highest BCUT2D eigenvalue weighted by molar-refractivity contribution is 6.15. The number of hydrogen-bond donors (Lipinski definition) is 2. The molecule has 1 saturated heterocycles. The van der Waals surface area contributed by atoms with Gasteiger partial charge in [-0.25, -0.2) is 0 Å². The average molecular weight is 488 g/mol. The van der Waals surface area contributed by atoms with Crippen LogP contribution in [0.15, 0.2) is 30.5 Å². The van der Waals surface area contributed by atoms with Gasteiger partial charge in [0, 0.05) is 73.7 Å². The van der Waals surface area contributed by atoms with Gasteiger partial charge in [-0.15, -0.1) is 0 Å². The summed E-state index contributed by atoms with van der Waals surface area (Å²) in [5.74, 6) is 0.362. The van der Waals surface area contributed by atoms with E-state index < -0.39 is 0 Å². The summed E-state index contributed by atoms with van der Waals surface area (Å²) in [6.07, 6.45) is 6.83. The van der Waals surface area contributed by atoms with Crippen molar-refractivity contribution in [2.24, 2.45) is 14.1 Å². The maximum Gasteiger partial charge on any atom is 0.258 e. The zero-order valence-corrected chi connectivity index (χ0v) is 21.3. The van der Waals surface area contributed by atoms with Gasteiger partial charge in [0.25, 0.3) is 5.91 Å². The first kappa shape index (κ1) is 22.8. The van der Waals surface area contributed by atoms with E-state index in [1.165, 1.54) is 12.8 Å². The molecule has 1 aliphatic carbocycles. The third-order valence-electron chi connectivity index (χ3n) is 7.57. The minimum Gasteiger partial charge on any atom is -0.494 e. The van der Waals surface area contributed by atoms with Crippen molar-refractivity contribution in [3.8, 4) is 5.75 Å². The average Bonchev–Trinajstić information content (AvgIpc) is 3.53. The minimum absolute atomic E-state index is 0.210. The Morgan fingerprint density at radius 1 is 1.06 bits per heavy atom. The van der Waals surface area contributed by atoms with Crippen LogP contribution in [-0.2, 0) is 14.1 Å². The second-order valence-electron chi connectivity index (χ2n) is 10.1. The Morgan fingerprint density at radius 2 is 1.81 bits per heavy atom. The molecule has 0 unspecified atom stereocenters. The lowest BCUT2D eigenvalue weighted by molar-refractivity contribution is 0.102. The van der Waals surface area contributed by atoms with Gasteiger partial charge in [0.1, 0.15) is 11.3 Å². The summed E-state index contributed by atoms with van der Waals surface area (Å²) in [4.78, 5) is 16.0. The molecule has 1 amide bonds. The predicted molar refractivity (Wildman–Crippen MR) is 142 cm³/mol. The van der Waals surface area contributed by atoms with Gasteiger partial charge in [0.15, 0.2) is 0 Å². The summed E-state index contributed by atoms with van der Waals surface area (Å²) in [5.41, 5.74) is 4.92. The molecule has 0 radical (unpaired) electrons. The number of fused-ring (bicyclic) bond motifs is 2. The van der Waals surface area contributed by atoms with Gasteiger partial charge in [-0.3, -0.25) is 14.2 Å². The summed E-state index contributed by atoms with van der Waals surface area (Å²) in [6.45, 7) is 4.07. The molecule has 0 spiro atoms. The zero-order valence-electron chi connectivity index (χ0n) is 21.3. The highest BCUT2D eigenvalue weighted by Gasteiger charge is 2.29. The number of rotatable bonds is 6. The Kier molecular flexibility index (Phi) is 5.59. The number of hydrogen-bond acceptors (Lipinski definition) is 6. The first-order chi connectivity index (χ1) is 17.4. The normalized spacial score (nSPS) is 16.7. The molecule has 9 heteroatoms. The summed E-state index contributed by atoms with van der Waals surface area (Å²) >= 11 is 0. The number of piperidine rings is 1. The molecule has 9 nitrogen and oxygen atoms in total. The Labute approximate surface area is 210 Å². The van der Waals surface area contributed by atoms with Crippen molar-refractivity contribution >= 4 is 39.1 Å². The quantitative estimate of drug-likeness (QED) is 0.431. The highest BCUT2D eigenvalue weighted by atomic mass is 16.5. The minimum atomic E-state index is -0.210. The first-order valence-corrected chi connectivity index (χ1v) is 12.7. The van der Waals surface area contributed by atoms with Crippen LogP contribution < -0.4 is 20.3 Å². The van der Waals surface area contributed by atoms with Crippen molar-refractivity contribution in [3.63, 3.8) is 0 Å². The van der Waals surface area contributed by atoms with Crippen molar-refractivity contribution in [2.45, 2.75) is 44.7 Å². The number of methoxy groups -OCH3 is 1. The van der Waals surface area contributed by atoms with Gasteiger partial charge in [-0.2, -0.15) is 10.2 Å². The molecule has 188 valence electrons. The smallest absolute Gasteiger partial charge is 0.258 e. The van der Waals surface area contributed by atoms with Crippen molar-refractivity contribution in [1.82, 2.24) is 24.9 Å². The summed E-state index contributed by atoms with van der Waals surface area (Å²) in [7, 11) is 5.41. The molecular weight excluding hydrogens is 454 g/mol. The third kappa shape index (κ3) is 4.07. The Morgan fingerprint density at radius 3 is 2.53 bits per heavy atom. The standard InChI is InChI=1S/C27H33N7O2/c1-16-25-23(34-11-9-19(10-12-34)28-18-5-6-18)8-7-20(26(25)31-33(16)3)27(35)29-22-13-17-15-32(2)30-21(17)14-24(22)36-4/h7-8,13-15,18-19,28H,5-6,9-12H2,1-4H3,(H,29,35). The number of ether oxygens (including phenoxy) is 1. The Balaban J connectivity index is 1.31. The number of benzene rings is 2. The predicted octanol–water partition coefficient (Wildman–Crippen LogP) is 3.75. The molecule has 2 aliphatic rings. The second kappa shape index (κ2) is 8.81. The molecule has 2 aromatic heterocycles. The molecule has 1 saturated carbocycles. The van der Waals surface area contributed by atoms with Crippen LogP contribution in [0.25, 0.3) is 21.8 Å². The molecule has 4 aromatic rings. The van der Waals surface area contributed by atoms with Crippen LogP contribution in [-0.4, -0.2) is 57.8 Å². The van der Waals surface area contributed by atoms with E-state index >= 15 is 0 Å². The van der Waals surface area contributed by atoms with Crippen LogP contribution in [0.1, 0.15) is 41.7 Å². The SMILES string of the molecule is COc1cc2nn(C)cc2cc1NC(=O)c1ccc(N2CCC(NC3CC3)CC2)c2c(C)n(C)nc12. The third-order valence-corrected chi connectivity index (χ3v) is 7.57. The largest absolute Gasteiger partial charge is 0.494 e. The van der Waals surface area contributed by atoms with Crippen LogP contribution >= 0.6 is 0 Å². The number of aryl methyl sites for hydroxylation is 3. The fraction of sp³-hybridized carbons (Fsp3) is 0.444. The molecule has 2 N–H and O–H groups in total. The fourth-order valence-electron chi connectivity index (χ4n) is 5.38. The van der Waals surface area contributed by atoms with Crippen molar-refractivity contribution < 1.29 is 9.53 Å². The maximum absolute atomic E-state index is 13.5. The number of anilines is 2. The van der Waals surface area contributed by atoms with E-state index in [0.717, 1.165) is 65.2 Å². The molecule has 0 bridgehead atoms. The van der Waals surface area contributed by atoms with Gasteiger partial charge < -0.3 is 20.3 Å². The maximum atomic E-state index is 13.5. The van der Waals surface area contributed by atoms with Crippen molar-refractivity contribution in [1.29, 1.82) is 0 Å². The number of carbonyl (C=O) groups excluding carboxylic acids is 1. The number of aromatic nitrogens is 4. The lowest BCUT2D eigenvalue weighted by Gasteiger charge is -2.34. The highest BCUT2D eigenvalue weighted by Crippen LogP contribution is 2.35. The van der Waals surface area contributed by atoms with Crippen molar-refractivity contribution in [3.05, 3.63) is 41.7 Å².